The zero-order chi connectivity index (χ0) is 23.4. The van der Waals surface area contributed by atoms with Crippen molar-refractivity contribution in [2.24, 2.45) is 16.6 Å². The predicted octanol–water partition coefficient (Wildman–Crippen LogP) is 4.91. The van der Waals surface area contributed by atoms with Crippen LogP contribution in [0.1, 0.15) is 18.9 Å². The summed E-state index contributed by atoms with van der Waals surface area (Å²) >= 11 is 0. The summed E-state index contributed by atoms with van der Waals surface area (Å²) in [5.41, 5.74) is 12.0. The number of nitrogens with two attached hydrogens (primary N) is 1. The molecule has 0 aliphatic heterocycles. The maximum absolute atomic E-state index is 13.5. The lowest BCUT2D eigenvalue weighted by atomic mass is 10.1. The van der Waals surface area contributed by atoms with Crippen molar-refractivity contribution < 1.29 is 4.39 Å². The number of nitrogens with zero attached hydrogens (tertiary/aromatic N) is 3. The minimum Gasteiger partial charge on any atom is -0.404 e. The van der Waals surface area contributed by atoms with Crippen molar-refractivity contribution in [3.05, 3.63) is 90.7 Å². The van der Waals surface area contributed by atoms with E-state index in [4.69, 9.17) is 5.73 Å². The molecule has 6 nitrogen and oxygen atoms in total. The molecule has 0 radical (unpaired) electrons. The molecule has 33 heavy (non-hydrogen) atoms. The number of hydrogen-bond donors (Lipinski definition) is 3. The molecule has 1 aliphatic rings. The van der Waals surface area contributed by atoms with E-state index < -0.39 is 0 Å². The lowest BCUT2D eigenvalue weighted by Crippen LogP contribution is -2.18. The normalized spacial score (nSPS) is 18.0. The van der Waals surface area contributed by atoms with E-state index in [0.29, 0.717) is 17.9 Å². The Balaban J connectivity index is 1.40. The van der Waals surface area contributed by atoms with Gasteiger partial charge in [0, 0.05) is 54.1 Å². The van der Waals surface area contributed by atoms with E-state index >= 15 is 0 Å². The first kappa shape index (κ1) is 22.2. The van der Waals surface area contributed by atoms with Gasteiger partial charge >= 0.3 is 0 Å². The summed E-state index contributed by atoms with van der Waals surface area (Å²) in [4.78, 5) is 13.0. The van der Waals surface area contributed by atoms with Crippen LogP contribution in [0.5, 0.6) is 0 Å². The van der Waals surface area contributed by atoms with Gasteiger partial charge in [0.05, 0.1) is 0 Å². The molecule has 0 saturated heterocycles. The van der Waals surface area contributed by atoms with Gasteiger partial charge in [0.2, 0.25) is 5.95 Å². The second-order valence-corrected chi connectivity index (χ2v) is 8.01. The van der Waals surface area contributed by atoms with E-state index in [0.717, 1.165) is 45.8 Å². The highest BCUT2D eigenvalue weighted by Gasteiger charge is 2.40. The minimum atomic E-state index is -0.290. The van der Waals surface area contributed by atoms with Gasteiger partial charge in [-0.1, -0.05) is 30.8 Å². The molecular formula is C26H27FN6. The van der Waals surface area contributed by atoms with Gasteiger partial charge in [-0.2, -0.15) is 0 Å². The molecule has 3 aromatic rings. The molecule has 168 valence electrons. The highest BCUT2D eigenvalue weighted by molar-refractivity contribution is 5.99. The van der Waals surface area contributed by atoms with Crippen molar-refractivity contribution in [1.82, 2.24) is 15.3 Å². The number of aromatic nitrogens is 2. The Kier molecular flexibility index (Phi) is 6.49. The van der Waals surface area contributed by atoms with Gasteiger partial charge in [-0.25, -0.2) is 14.4 Å². The van der Waals surface area contributed by atoms with Gasteiger partial charge in [-0.15, -0.1) is 0 Å². The van der Waals surface area contributed by atoms with Crippen molar-refractivity contribution in [1.29, 1.82) is 0 Å². The molecule has 2 unspecified atom stereocenters. The summed E-state index contributed by atoms with van der Waals surface area (Å²) in [5.74, 6) is 0.517. The van der Waals surface area contributed by atoms with Gasteiger partial charge in [0.25, 0.3) is 0 Å². The monoisotopic (exact) mass is 442 g/mol. The van der Waals surface area contributed by atoms with Gasteiger partial charge in [0.1, 0.15) is 5.82 Å². The first-order chi connectivity index (χ1) is 16.0. The number of halogens is 1. The lowest BCUT2D eigenvalue weighted by Gasteiger charge is -2.13. The Morgan fingerprint density at radius 3 is 2.61 bits per heavy atom. The molecule has 1 saturated carbocycles. The molecule has 1 aromatic heterocycles. The van der Waals surface area contributed by atoms with Crippen LogP contribution in [0.4, 0.5) is 16.0 Å². The maximum atomic E-state index is 13.5. The van der Waals surface area contributed by atoms with E-state index in [-0.39, 0.29) is 5.82 Å². The fourth-order valence-corrected chi connectivity index (χ4v) is 3.77. The molecule has 0 bridgehead atoms. The largest absolute Gasteiger partial charge is 0.404 e. The van der Waals surface area contributed by atoms with Crippen LogP contribution in [0.25, 0.3) is 16.8 Å². The van der Waals surface area contributed by atoms with E-state index in [1.165, 1.54) is 12.1 Å². The smallest absolute Gasteiger partial charge is 0.227 e. The third kappa shape index (κ3) is 5.26. The third-order valence-electron chi connectivity index (χ3n) is 5.76. The molecule has 0 amide bonds. The van der Waals surface area contributed by atoms with Crippen LogP contribution in [0.3, 0.4) is 0 Å². The number of hydrogen-bond acceptors (Lipinski definition) is 6. The molecule has 1 heterocycles. The van der Waals surface area contributed by atoms with E-state index in [1.54, 1.807) is 31.7 Å². The van der Waals surface area contributed by atoms with Crippen molar-refractivity contribution in [3.63, 3.8) is 0 Å². The van der Waals surface area contributed by atoms with Crippen LogP contribution in [0.15, 0.2) is 84.3 Å². The number of nitrogens with one attached hydrogen (secondary N) is 2. The Hall–Kier alpha value is -4.00. The topological polar surface area (TPSA) is 88.2 Å². The minimum absolute atomic E-state index is 0.290. The average molecular weight is 443 g/mol. The van der Waals surface area contributed by atoms with Gasteiger partial charge < -0.3 is 16.4 Å². The molecule has 7 heteroatoms. The average Bonchev–Trinajstić information content (AvgIpc) is 3.58. The summed E-state index contributed by atoms with van der Waals surface area (Å²) in [7, 11) is 1.78. The second kappa shape index (κ2) is 9.65. The Morgan fingerprint density at radius 2 is 1.91 bits per heavy atom. The molecule has 1 aliphatic carbocycles. The SMILES string of the molecule is C=C(NC1CC1/C(=C/N)C(C)=NC)c1cccc(Nc2ncc(-c3cccc(F)c3)cn2)c1. The Labute approximate surface area is 193 Å². The van der Waals surface area contributed by atoms with E-state index in [1.807, 2.05) is 37.3 Å². The number of aliphatic imine (C=N–C) groups is 1. The van der Waals surface area contributed by atoms with Crippen LogP contribution >= 0.6 is 0 Å². The van der Waals surface area contributed by atoms with Crippen LogP contribution in [0, 0.1) is 11.7 Å². The van der Waals surface area contributed by atoms with Crippen LogP contribution in [-0.2, 0) is 0 Å². The van der Waals surface area contributed by atoms with Crippen molar-refractivity contribution >= 4 is 23.0 Å². The number of benzene rings is 2. The fraction of sp³-hybridized carbons (Fsp3) is 0.192. The molecule has 2 atom stereocenters. The standard InChI is InChI=1S/C26H27FN6/c1-16(32-25-12-23(25)24(13-28)17(2)29-3)18-6-5-9-22(11-18)33-26-30-14-20(15-31-26)19-7-4-8-21(27)10-19/h4-11,13-15,23,25,32H,1,12,28H2,2-3H3,(H,30,31,33)/b24-13+,29-17?. The fourth-order valence-electron chi connectivity index (χ4n) is 3.77. The number of anilines is 2. The summed E-state index contributed by atoms with van der Waals surface area (Å²) in [6.45, 7) is 6.19. The van der Waals surface area contributed by atoms with E-state index in [9.17, 15) is 4.39 Å². The zero-order valence-corrected chi connectivity index (χ0v) is 18.7. The van der Waals surface area contributed by atoms with Gasteiger partial charge in [-0.05, 0) is 60.5 Å². The molecule has 4 N–H and O–H groups in total. The van der Waals surface area contributed by atoms with Crippen molar-refractivity contribution in [3.8, 4) is 11.1 Å². The first-order valence-corrected chi connectivity index (χ1v) is 10.7. The molecule has 2 aromatic carbocycles. The highest BCUT2D eigenvalue weighted by Crippen LogP contribution is 2.39. The maximum Gasteiger partial charge on any atom is 0.227 e. The summed E-state index contributed by atoms with van der Waals surface area (Å²) in [6.07, 6.45) is 6.00. The second-order valence-electron chi connectivity index (χ2n) is 8.01. The summed E-state index contributed by atoms with van der Waals surface area (Å²) in [5, 5.41) is 6.71. The van der Waals surface area contributed by atoms with Crippen molar-refractivity contribution in [2.75, 3.05) is 12.4 Å². The predicted molar refractivity (Wildman–Crippen MR) is 133 cm³/mol. The lowest BCUT2D eigenvalue weighted by molar-refractivity contribution is 0.628. The van der Waals surface area contributed by atoms with Crippen LogP contribution in [-0.4, -0.2) is 28.8 Å². The first-order valence-electron chi connectivity index (χ1n) is 10.7. The van der Waals surface area contributed by atoms with Gasteiger partial charge in [-0.3, -0.25) is 4.99 Å². The number of rotatable bonds is 8. The third-order valence-corrected chi connectivity index (χ3v) is 5.76. The zero-order valence-electron chi connectivity index (χ0n) is 18.7. The van der Waals surface area contributed by atoms with Crippen LogP contribution in [0.2, 0.25) is 0 Å². The molecule has 4 rings (SSSR count). The highest BCUT2D eigenvalue weighted by atomic mass is 19.1. The Morgan fingerprint density at radius 1 is 1.15 bits per heavy atom. The van der Waals surface area contributed by atoms with Crippen LogP contribution < -0.4 is 16.4 Å². The quantitative estimate of drug-likeness (QED) is 0.432. The summed E-state index contributed by atoms with van der Waals surface area (Å²) < 4.78 is 13.5. The van der Waals surface area contributed by atoms with Gasteiger partial charge in [0.15, 0.2) is 0 Å². The molecule has 1 fully saturated rings. The Bertz CT molecular complexity index is 1220. The van der Waals surface area contributed by atoms with E-state index in [2.05, 4.69) is 32.2 Å². The van der Waals surface area contributed by atoms with Crippen molar-refractivity contribution in [2.45, 2.75) is 19.4 Å². The summed E-state index contributed by atoms with van der Waals surface area (Å²) in [6, 6.07) is 14.5. The molecule has 0 spiro atoms. The molecular weight excluding hydrogens is 415 g/mol.